The maximum atomic E-state index is 6.19. The molecular formula is C11H14BrN3O. The molecule has 16 heavy (non-hydrogen) atoms. The summed E-state index contributed by atoms with van der Waals surface area (Å²) < 4.78 is 7.92. The van der Waals surface area contributed by atoms with Crippen LogP contribution in [0.15, 0.2) is 33.7 Å². The monoisotopic (exact) mass is 283 g/mol. The molecule has 0 aromatic carbocycles. The number of halogens is 1. The normalized spacial score (nSPS) is 12.9. The van der Waals surface area contributed by atoms with Gasteiger partial charge in [-0.1, -0.05) is 6.92 Å². The lowest BCUT2D eigenvalue weighted by Gasteiger charge is -2.13. The molecule has 2 aromatic heterocycles. The molecule has 1 unspecified atom stereocenters. The van der Waals surface area contributed by atoms with Crippen LogP contribution in [0.25, 0.3) is 0 Å². The third-order valence-electron chi connectivity index (χ3n) is 2.47. The van der Waals surface area contributed by atoms with Gasteiger partial charge in [-0.2, -0.15) is 5.10 Å². The Hall–Kier alpha value is -1.07. The summed E-state index contributed by atoms with van der Waals surface area (Å²) in [5.74, 6) is 0. The quantitative estimate of drug-likeness (QED) is 0.939. The molecule has 2 aromatic rings. The van der Waals surface area contributed by atoms with Crippen molar-refractivity contribution >= 4 is 15.9 Å². The minimum Gasteiger partial charge on any atom is -0.472 e. The Bertz CT molecular complexity index is 450. The standard InChI is InChI=1S/C11H14BrN3O/c1-2-4-15-11(9(12)6-14-15)10(13)8-3-5-16-7-8/h3,5-7,10H,2,4,13H2,1H3. The number of hydrogen-bond acceptors (Lipinski definition) is 3. The minimum absolute atomic E-state index is 0.206. The van der Waals surface area contributed by atoms with Gasteiger partial charge in [-0.25, -0.2) is 0 Å². The molecule has 1 atom stereocenters. The van der Waals surface area contributed by atoms with Crippen molar-refractivity contribution in [3.63, 3.8) is 0 Å². The summed E-state index contributed by atoms with van der Waals surface area (Å²) in [6.07, 6.45) is 6.11. The predicted molar refractivity (Wildman–Crippen MR) is 65.0 cm³/mol. The SMILES string of the molecule is CCCn1ncc(Br)c1C(N)c1ccoc1. The predicted octanol–water partition coefficient (Wildman–Crippen LogP) is 2.70. The van der Waals surface area contributed by atoms with E-state index in [-0.39, 0.29) is 6.04 Å². The van der Waals surface area contributed by atoms with Crippen LogP contribution in [-0.4, -0.2) is 9.78 Å². The summed E-state index contributed by atoms with van der Waals surface area (Å²) >= 11 is 3.48. The van der Waals surface area contributed by atoms with Gasteiger partial charge in [-0.3, -0.25) is 4.68 Å². The van der Waals surface area contributed by atoms with Gasteiger partial charge in [-0.15, -0.1) is 0 Å². The van der Waals surface area contributed by atoms with Crippen LogP contribution in [-0.2, 0) is 6.54 Å². The second-order valence-electron chi connectivity index (χ2n) is 3.64. The minimum atomic E-state index is -0.206. The Morgan fingerprint density at radius 1 is 1.62 bits per heavy atom. The smallest absolute Gasteiger partial charge is 0.0954 e. The zero-order chi connectivity index (χ0) is 11.5. The van der Waals surface area contributed by atoms with Crippen molar-refractivity contribution in [1.82, 2.24) is 9.78 Å². The summed E-state index contributed by atoms with van der Waals surface area (Å²) in [6, 6.07) is 1.67. The highest BCUT2D eigenvalue weighted by Gasteiger charge is 2.18. The third-order valence-corrected chi connectivity index (χ3v) is 3.08. The fourth-order valence-electron chi connectivity index (χ4n) is 1.68. The van der Waals surface area contributed by atoms with E-state index in [2.05, 4.69) is 28.0 Å². The van der Waals surface area contributed by atoms with E-state index in [9.17, 15) is 0 Å². The van der Waals surface area contributed by atoms with Crippen LogP contribution in [0.5, 0.6) is 0 Å². The molecule has 0 radical (unpaired) electrons. The molecule has 0 amide bonds. The van der Waals surface area contributed by atoms with Crippen LogP contribution in [0.1, 0.15) is 30.6 Å². The van der Waals surface area contributed by atoms with Gasteiger partial charge in [0.2, 0.25) is 0 Å². The van der Waals surface area contributed by atoms with E-state index in [1.54, 1.807) is 18.7 Å². The second-order valence-corrected chi connectivity index (χ2v) is 4.49. The molecule has 0 bridgehead atoms. The number of nitrogens with two attached hydrogens (primary N) is 1. The lowest BCUT2D eigenvalue weighted by molar-refractivity contribution is 0.546. The summed E-state index contributed by atoms with van der Waals surface area (Å²) in [7, 11) is 0. The van der Waals surface area contributed by atoms with Crippen molar-refractivity contribution in [3.05, 3.63) is 40.5 Å². The molecule has 4 nitrogen and oxygen atoms in total. The van der Waals surface area contributed by atoms with Crippen LogP contribution in [0.3, 0.4) is 0 Å². The summed E-state index contributed by atoms with van der Waals surface area (Å²) in [5, 5.41) is 4.30. The molecule has 0 spiro atoms. The Morgan fingerprint density at radius 2 is 2.44 bits per heavy atom. The van der Waals surface area contributed by atoms with Gasteiger partial charge >= 0.3 is 0 Å². The van der Waals surface area contributed by atoms with Crippen LogP contribution < -0.4 is 5.73 Å². The fraction of sp³-hybridized carbons (Fsp3) is 0.364. The second kappa shape index (κ2) is 4.84. The van der Waals surface area contributed by atoms with Crippen molar-refractivity contribution in [2.24, 2.45) is 5.73 Å². The Morgan fingerprint density at radius 3 is 3.06 bits per heavy atom. The van der Waals surface area contributed by atoms with Gasteiger partial charge in [0.05, 0.1) is 34.9 Å². The molecule has 5 heteroatoms. The van der Waals surface area contributed by atoms with E-state index in [1.165, 1.54) is 0 Å². The van der Waals surface area contributed by atoms with E-state index in [4.69, 9.17) is 10.2 Å². The maximum Gasteiger partial charge on any atom is 0.0954 e. The fourth-order valence-corrected chi connectivity index (χ4v) is 2.22. The number of hydrogen-bond donors (Lipinski definition) is 1. The van der Waals surface area contributed by atoms with Crippen molar-refractivity contribution in [3.8, 4) is 0 Å². The van der Waals surface area contributed by atoms with Crippen molar-refractivity contribution in [2.45, 2.75) is 25.9 Å². The molecule has 86 valence electrons. The van der Waals surface area contributed by atoms with Gasteiger partial charge in [0.25, 0.3) is 0 Å². The van der Waals surface area contributed by atoms with Crippen molar-refractivity contribution < 1.29 is 4.42 Å². The van der Waals surface area contributed by atoms with E-state index < -0.39 is 0 Å². The molecule has 2 rings (SSSR count). The van der Waals surface area contributed by atoms with Crippen molar-refractivity contribution in [2.75, 3.05) is 0 Å². The first kappa shape index (κ1) is 11.4. The molecule has 0 aliphatic rings. The number of aryl methyl sites for hydroxylation is 1. The average Bonchev–Trinajstić information content (AvgIpc) is 2.88. The number of nitrogens with zero attached hydrogens (tertiary/aromatic N) is 2. The Labute approximate surface area is 103 Å². The number of furan rings is 1. The van der Waals surface area contributed by atoms with Crippen LogP contribution >= 0.6 is 15.9 Å². The summed E-state index contributed by atoms with van der Waals surface area (Å²) in [5.41, 5.74) is 8.13. The zero-order valence-electron chi connectivity index (χ0n) is 9.06. The molecular weight excluding hydrogens is 270 g/mol. The molecule has 0 saturated carbocycles. The van der Waals surface area contributed by atoms with Crippen LogP contribution in [0.2, 0.25) is 0 Å². The highest BCUT2D eigenvalue weighted by atomic mass is 79.9. The highest BCUT2D eigenvalue weighted by Crippen LogP contribution is 2.27. The molecule has 0 aliphatic heterocycles. The Kier molecular flexibility index (Phi) is 3.46. The van der Waals surface area contributed by atoms with Crippen LogP contribution in [0.4, 0.5) is 0 Å². The number of aromatic nitrogens is 2. The molecule has 0 aliphatic carbocycles. The first-order valence-corrected chi connectivity index (χ1v) is 6.02. The van der Waals surface area contributed by atoms with E-state index in [0.717, 1.165) is 28.7 Å². The average molecular weight is 284 g/mol. The zero-order valence-corrected chi connectivity index (χ0v) is 10.6. The van der Waals surface area contributed by atoms with Gasteiger partial charge in [-0.05, 0) is 28.4 Å². The summed E-state index contributed by atoms with van der Waals surface area (Å²) in [4.78, 5) is 0. The van der Waals surface area contributed by atoms with Crippen molar-refractivity contribution in [1.29, 1.82) is 0 Å². The maximum absolute atomic E-state index is 6.19. The largest absolute Gasteiger partial charge is 0.472 e. The number of rotatable bonds is 4. The highest BCUT2D eigenvalue weighted by molar-refractivity contribution is 9.10. The van der Waals surface area contributed by atoms with Gasteiger partial charge in [0.15, 0.2) is 0 Å². The van der Waals surface area contributed by atoms with E-state index in [1.807, 2.05) is 10.7 Å². The van der Waals surface area contributed by atoms with Gasteiger partial charge < -0.3 is 10.2 Å². The Balaban J connectivity index is 2.35. The summed E-state index contributed by atoms with van der Waals surface area (Å²) in [6.45, 7) is 2.98. The van der Waals surface area contributed by atoms with E-state index >= 15 is 0 Å². The lowest BCUT2D eigenvalue weighted by atomic mass is 10.1. The van der Waals surface area contributed by atoms with Crippen LogP contribution in [0, 0.1) is 0 Å². The molecule has 2 heterocycles. The topological polar surface area (TPSA) is 57.0 Å². The third kappa shape index (κ3) is 2.05. The first-order valence-electron chi connectivity index (χ1n) is 5.23. The lowest BCUT2D eigenvalue weighted by Crippen LogP contribution is -2.17. The molecule has 2 N–H and O–H groups in total. The first-order chi connectivity index (χ1) is 7.74. The molecule has 0 fully saturated rings. The molecule has 0 saturated heterocycles. The van der Waals surface area contributed by atoms with Gasteiger partial charge in [0.1, 0.15) is 0 Å². The van der Waals surface area contributed by atoms with E-state index in [0.29, 0.717) is 0 Å². The van der Waals surface area contributed by atoms with Gasteiger partial charge in [0, 0.05) is 12.1 Å².